The smallest absolute Gasteiger partial charge is 0.335 e. The Labute approximate surface area is 112 Å². The normalized spacial score (nSPS) is 11.0. The lowest BCUT2D eigenvalue weighted by Gasteiger charge is -2.11. The number of sulfonamides is 1. The Morgan fingerprint density at radius 2 is 2.05 bits per heavy atom. The lowest BCUT2D eigenvalue weighted by molar-refractivity contribution is 0.0696. The molecule has 0 unspecified atom stereocenters. The summed E-state index contributed by atoms with van der Waals surface area (Å²) in [4.78, 5) is 10.9. The molecule has 102 valence electrons. The van der Waals surface area contributed by atoms with Gasteiger partial charge in [0.2, 0.25) is 10.0 Å². The fourth-order valence-corrected chi connectivity index (χ4v) is 2.94. The quantitative estimate of drug-likeness (QED) is 0.629. The fraction of sp³-hybridized carbons (Fsp3) is 0.308. The summed E-state index contributed by atoms with van der Waals surface area (Å²) in [5, 5.41) is 8.96. The third-order valence-corrected chi connectivity index (χ3v) is 4.30. The number of benzene rings is 1. The van der Waals surface area contributed by atoms with E-state index in [2.05, 4.69) is 10.6 Å². The van der Waals surface area contributed by atoms with Gasteiger partial charge in [0.1, 0.15) is 0 Å². The van der Waals surface area contributed by atoms with Gasteiger partial charge in [0, 0.05) is 13.0 Å². The monoisotopic (exact) mass is 281 g/mol. The predicted molar refractivity (Wildman–Crippen MR) is 71.5 cm³/mol. The first-order valence-electron chi connectivity index (χ1n) is 5.57. The van der Waals surface area contributed by atoms with Crippen LogP contribution >= 0.6 is 0 Å². The number of nitrogens with one attached hydrogen (secondary N) is 1. The first-order chi connectivity index (χ1) is 8.79. The maximum absolute atomic E-state index is 12.1. The van der Waals surface area contributed by atoms with Crippen LogP contribution in [0.15, 0.2) is 17.0 Å². The van der Waals surface area contributed by atoms with Gasteiger partial charge in [-0.25, -0.2) is 17.9 Å². The highest BCUT2D eigenvalue weighted by molar-refractivity contribution is 7.89. The van der Waals surface area contributed by atoms with Crippen LogP contribution in [0.2, 0.25) is 0 Å². The maximum Gasteiger partial charge on any atom is 0.335 e. The van der Waals surface area contributed by atoms with Crippen molar-refractivity contribution in [2.75, 3.05) is 6.54 Å². The summed E-state index contributed by atoms with van der Waals surface area (Å²) in [5.74, 6) is 1.16. The molecule has 0 aromatic heterocycles. The number of aryl methyl sites for hydroxylation is 1. The Balaban J connectivity index is 3.26. The number of carboxylic acids is 1. The van der Waals surface area contributed by atoms with Crippen LogP contribution in [-0.2, 0) is 10.0 Å². The fourth-order valence-electron chi connectivity index (χ4n) is 1.56. The van der Waals surface area contributed by atoms with E-state index < -0.39 is 16.0 Å². The molecule has 0 aliphatic heterocycles. The first-order valence-corrected chi connectivity index (χ1v) is 7.05. The minimum absolute atomic E-state index is 0.0260. The van der Waals surface area contributed by atoms with Gasteiger partial charge in [0.25, 0.3) is 0 Å². The molecule has 0 aliphatic rings. The van der Waals surface area contributed by atoms with Gasteiger partial charge >= 0.3 is 5.97 Å². The summed E-state index contributed by atoms with van der Waals surface area (Å²) in [6, 6.07) is 2.60. The largest absolute Gasteiger partial charge is 0.478 e. The predicted octanol–water partition coefficient (Wildman–Crippen LogP) is 1.30. The standard InChI is InChI=1S/C13H15NO4S/c1-4-5-6-14-19(17,18)12-8-11(13(15)16)7-9(2)10(12)3/h1,7-8,14H,5-6H2,2-3H3,(H,15,16). The Hall–Kier alpha value is -1.84. The molecule has 2 N–H and O–H groups in total. The second-order valence-corrected chi connectivity index (χ2v) is 5.81. The molecule has 5 nitrogen and oxygen atoms in total. The van der Waals surface area contributed by atoms with E-state index in [1.165, 1.54) is 6.07 Å². The molecule has 0 fully saturated rings. The van der Waals surface area contributed by atoms with Crippen molar-refractivity contribution in [1.82, 2.24) is 4.72 Å². The molecule has 1 aromatic rings. The zero-order valence-electron chi connectivity index (χ0n) is 10.7. The molecular weight excluding hydrogens is 266 g/mol. The van der Waals surface area contributed by atoms with Crippen molar-refractivity contribution in [3.8, 4) is 12.3 Å². The number of rotatable bonds is 5. The summed E-state index contributed by atoms with van der Waals surface area (Å²) in [6.45, 7) is 3.42. The molecule has 0 aliphatic carbocycles. The van der Waals surface area contributed by atoms with Crippen molar-refractivity contribution >= 4 is 16.0 Å². The van der Waals surface area contributed by atoms with Crippen LogP contribution in [0.1, 0.15) is 27.9 Å². The Kier molecular flexibility index (Phi) is 4.70. The molecule has 0 amide bonds. The number of terminal acetylenes is 1. The second kappa shape index (κ2) is 5.87. The minimum atomic E-state index is -3.75. The first kappa shape index (κ1) is 15.2. The Morgan fingerprint density at radius 3 is 2.58 bits per heavy atom. The average molecular weight is 281 g/mol. The van der Waals surface area contributed by atoms with Crippen LogP contribution in [-0.4, -0.2) is 26.0 Å². The molecule has 19 heavy (non-hydrogen) atoms. The lowest BCUT2D eigenvalue weighted by Crippen LogP contribution is -2.25. The number of carbonyl (C=O) groups is 1. The molecule has 1 aromatic carbocycles. The topological polar surface area (TPSA) is 83.5 Å². The summed E-state index contributed by atoms with van der Waals surface area (Å²) in [7, 11) is -3.75. The van der Waals surface area contributed by atoms with Gasteiger partial charge in [0.15, 0.2) is 0 Å². The van der Waals surface area contributed by atoms with Crippen LogP contribution < -0.4 is 4.72 Å². The van der Waals surface area contributed by atoms with Gasteiger partial charge in [-0.15, -0.1) is 12.3 Å². The van der Waals surface area contributed by atoms with Crippen molar-refractivity contribution < 1.29 is 18.3 Å². The van der Waals surface area contributed by atoms with Crippen LogP contribution in [0.3, 0.4) is 0 Å². The summed E-state index contributed by atoms with van der Waals surface area (Å²) in [5.41, 5.74) is 1.08. The number of carboxylic acid groups (broad SMARTS) is 1. The van der Waals surface area contributed by atoms with E-state index in [4.69, 9.17) is 11.5 Å². The molecule has 0 atom stereocenters. The third kappa shape index (κ3) is 3.56. The molecule has 1 rings (SSSR count). The van der Waals surface area contributed by atoms with Crippen molar-refractivity contribution in [2.45, 2.75) is 25.2 Å². The number of aromatic carboxylic acids is 1. The minimum Gasteiger partial charge on any atom is -0.478 e. The van der Waals surface area contributed by atoms with Crippen LogP contribution in [0.4, 0.5) is 0 Å². The highest BCUT2D eigenvalue weighted by atomic mass is 32.2. The summed E-state index contributed by atoms with van der Waals surface area (Å²) >= 11 is 0. The van der Waals surface area contributed by atoms with Crippen molar-refractivity contribution in [3.05, 3.63) is 28.8 Å². The van der Waals surface area contributed by atoms with Gasteiger partial charge < -0.3 is 5.11 Å². The van der Waals surface area contributed by atoms with E-state index in [1.54, 1.807) is 13.8 Å². The van der Waals surface area contributed by atoms with Crippen LogP contribution in [0, 0.1) is 26.2 Å². The zero-order chi connectivity index (χ0) is 14.6. The molecule has 6 heteroatoms. The molecule has 0 spiro atoms. The van der Waals surface area contributed by atoms with E-state index in [1.807, 2.05) is 0 Å². The molecule has 0 saturated heterocycles. The highest BCUT2D eigenvalue weighted by Crippen LogP contribution is 2.21. The number of hydrogen-bond donors (Lipinski definition) is 2. The highest BCUT2D eigenvalue weighted by Gasteiger charge is 2.20. The van der Waals surface area contributed by atoms with Gasteiger partial charge in [-0.05, 0) is 37.1 Å². The molecular formula is C13H15NO4S. The summed E-state index contributed by atoms with van der Waals surface area (Å²) in [6.07, 6.45) is 5.33. The van der Waals surface area contributed by atoms with E-state index in [0.29, 0.717) is 11.1 Å². The molecule has 0 heterocycles. The van der Waals surface area contributed by atoms with Crippen molar-refractivity contribution in [2.24, 2.45) is 0 Å². The van der Waals surface area contributed by atoms with Crippen LogP contribution in [0.5, 0.6) is 0 Å². The maximum atomic E-state index is 12.1. The Bertz CT molecular complexity index is 641. The van der Waals surface area contributed by atoms with Gasteiger partial charge in [-0.1, -0.05) is 0 Å². The molecule has 0 saturated carbocycles. The Morgan fingerprint density at radius 1 is 1.42 bits per heavy atom. The van der Waals surface area contributed by atoms with E-state index in [9.17, 15) is 13.2 Å². The summed E-state index contributed by atoms with van der Waals surface area (Å²) < 4.78 is 26.5. The van der Waals surface area contributed by atoms with Gasteiger partial charge in [-0.3, -0.25) is 0 Å². The van der Waals surface area contributed by atoms with Crippen molar-refractivity contribution in [3.63, 3.8) is 0 Å². The zero-order valence-corrected chi connectivity index (χ0v) is 11.5. The van der Waals surface area contributed by atoms with Crippen molar-refractivity contribution in [1.29, 1.82) is 0 Å². The van der Waals surface area contributed by atoms with Crippen LogP contribution in [0.25, 0.3) is 0 Å². The molecule has 0 bridgehead atoms. The number of hydrogen-bond acceptors (Lipinski definition) is 3. The lowest BCUT2D eigenvalue weighted by atomic mass is 10.1. The third-order valence-electron chi connectivity index (χ3n) is 2.72. The van der Waals surface area contributed by atoms with Gasteiger partial charge in [-0.2, -0.15) is 0 Å². The second-order valence-electron chi connectivity index (χ2n) is 4.07. The molecule has 0 radical (unpaired) electrons. The average Bonchev–Trinajstić information content (AvgIpc) is 2.32. The van der Waals surface area contributed by atoms with E-state index in [0.717, 1.165) is 6.07 Å². The van der Waals surface area contributed by atoms with E-state index in [-0.39, 0.29) is 23.4 Å². The van der Waals surface area contributed by atoms with Gasteiger partial charge in [0.05, 0.1) is 10.5 Å². The van der Waals surface area contributed by atoms with E-state index >= 15 is 0 Å². The SMILES string of the molecule is C#CCCNS(=O)(=O)c1cc(C(=O)O)cc(C)c1C.